The number of aromatic nitrogens is 2. The van der Waals surface area contributed by atoms with Gasteiger partial charge in [-0.2, -0.15) is 0 Å². The van der Waals surface area contributed by atoms with E-state index in [9.17, 15) is 4.79 Å². The zero-order valence-electron chi connectivity index (χ0n) is 12.6. The number of nitrogens with zero attached hydrogens (tertiary/aromatic N) is 2. The van der Waals surface area contributed by atoms with Crippen LogP contribution in [-0.4, -0.2) is 30.5 Å². The molecular weight excluding hydrogens is 296 g/mol. The molecule has 0 amide bonds. The molecule has 0 bridgehead atoms. The molecule has 0 aliphatic carbocycles. The number of oxazole rings is 1. The molecule has 0 aliphatic rings. The maximum Gasteiger partial charge on any atom is 0.260 e. The van der Waals surface area contributed by atoms with Crippen LogP contribution in [0.15, 0.2) is 47.0 Å². The topological polar surface area (TPSA) is 74.5 Å². The molecule has 116 valence electrons. The Balaban J connectivity index is 2.08. The predicted octanol–water partition coefficient (Wildman–Crippen LogP) is 3.23. The third kappa shape index (κ3) is 2.91. The molecule has 3 rings (SSSR count). The fourth-order valence-corrected chi connectivity index (χ4v) is 2.16. The molecule has 0 saturated heterocycles. The normalized spacial score (nSPS) is 10.3. The number of aldehydes is 1. The zero-order chi connectivity index (χ0) is 16.2. The van der Waals surface area contributed by atoms with Crippen molar-refractivity contribution in [2.24, 2.45) is 0 Å². The van der Waals surface area contributed by atoms with Gasteiger partial charge >= 0.3 is 0 Å². The fraction of sp³-hybridized carbons (Fsp3) is 0.118. The molecule has 0 radical (unpaired) electrons. The molecule has 0 spiro atoms. The molecule has 0 unspecified atom stereocenters. The van der Waals surface area contributed by atoms with Crippen molar-refractivity contribution in [3.8, 4) is 34.2 Å². The largest absolute Gasteiger partial charge is 0.497 e. The number of methoxy groups -OCH3 is 2. The van der Waals surface area contributed by atoms with Gasteiger partial charge in [-0.1, -0.05) is 0 Å². The lowest BCUT2D eigenvalue weighted by Gasteiger charge is -2.04. The van der Waals surface area contributed by atoms with Gasteiger partial charge in [0.2, 0.25) is 12.2 Å². The van der Waals surface area contributed by atoms with E-state index in [4.69, 9.17) is 13.9 Å². The van der Waals surface area contributed by atoms with Gasteiger partial charge in [-0.3, -0.25) is 4.79 Å². The Morgan fingerprint density at radius 3 is 2.30 bits per heavy atom. The SMILES string of the molecule is COc1ccc(-c2oc(C=O)nc2-c2ccc(OC)nc2)cc1. The highest BCUT2D eigenvalue weighted by atomic mass is 16.5. The monoisotopic (exact) mass is 310 g/mol. The van der Waals surface area contributed by atoms with Crippen LogP contribution in [0.25, 0.3) is 22.6 Å². The molecule has 6 nitrogen and oxygen atoms in total. The van der Waals surface area contributed by atoms with Crippen molar-refractivity contribution in [3.63, 3.8) is 0 Å². The van der Waals surface area contributed by atoms with E-state index in [1.807, 2.05) is 30.3 Å². The van der Waals surface area contributed by atoms with Crippen LogP contribution in [0.4, 0.5) is 0 Å². The first kappa shape index (κ1) is 14.8. The summed E-state index contributed by atoms with van der Waals surface area (Å²) in [6.07, 6.45) is 2.20. The third-order valence-electron chi connectivity index (χ3n) is 3.32. The van der Waals surface area contributed by atoms with E-state index in [-0.39, 0.29) is 5.89 Å². The van der Waals surface area contributed by atoms with E-state index in [1.54, 1.807) is 26.5 Å². The molecule has 2 aromatic heterocycles. The first-order valence-corrected chi connectivity index (χ1v) is 6.86. The van der Waals surface area contributed by atoms with Gasteiger partial charge in [0.25, 0.3) is 5.89 Å². The van der Waals surface area contributed by atoms with Crippen molar-refractivity contribution in [1.29, 1.82) is 0 Å². The molecule has 2 heterocycles. The number of rotatable bonds is 5. The molecule has 0 saturated carbocycles. The first-order chi connectivity index (χ1) is 11.2. The van der Waals surface area contributed by atoms with Gasteiger partial charge < -0.3 is 13.9 Å². The maximum absolute atomic E-state index is 11.0. The van der Waals surface area contributed by atoms with Gasteiger partial charge in [-0.15, -0.1) is 0 Å². The van der Waals surface area contributed by atoms with E-state index >= 15 is 0 Å². The summed E-state index contributed by atoms with van der Waals surface area (Å²) in [5.74, 6) is 1.75. The van der Waals surface area contributed by atoms with E-state index in [1.165, 1.54) is 0 Å². The molecular formula is C17H14N2O4. The minimum absolute atomic E-state index is 0.0154. The molecule has 0 fully saturated rings. The van der Waals surface area contributed by atoms with E-state index < -0.39 is 0 Å². The van der Waals surface area contributed by atoms with Crippen LogP contribution in [0, 0.1) is 0 Å². The molecule has 0 N–H and O–H groups in total. The summed E-state index contributed by atoms with van der Waals surface area (Å²) in [5.41, 5.74) is 2.07. The van der Waals surface area contributed by atoms with Crippen molar-refractivity contribution in [3.05, 3.63) is 48.5 Å². The Bertz CT molecular complexity index is 743. The Morgan fingerprint density at radius 2 is 1.74 bits per heavy atom. The summed E-state index contributed by atoms with van der Waals surface area (Å²) in [4.78, 5) is 19.4. The lowest BCUT2D eigenvalue weighted by atomic mass is 10.1. The number of hydrogen-bond acceptors (Lipinski definition) is 6. The van der Waals surface area contributed by atoms with E-state index in [2.05, 4.69) is 9.97 Å². The number of pyridine rings is 1. The maximum atomic E-state index is 11.0. The van der Waals surface area contributed by atoms with Crippen molar-refractivity contribution >= 4 is 6.29 Å². The standard InChI is InChI=1S/C17H14N2O4/c1-21-13-6-3-11(4-7-13)17-16(19-15(10-20)23-17)12-5-8-14(22-2)18-9-12/h3-10H,1-2H3. The summed E-state index contributed by atoms with van der Waals surface area (Å²) in [5, 5.41) is 0. The molecule has 0 atom stereocenters. The number of ether oxygens (including phenoxy) is 2. The number of carbonyl (C=O) groups is 1. The fourth-order valence-electron chi connectivity index (χ4n) is 2.16. The predicted molar refractivity (Wildman–Crippen MR) is 83.7 cm³/mol. The second-order valence-corrected chi connectivity index (χ2v) is 4.67. The second kappa shape index (κ2) is 6.31. The minimum Gasteiger partial charge on any atom is -0.497 e. The van der Waals surface area contributed by atoms with Crippen molar-refractivity contribution in [1.82, 2.24) is 9.97 Å². The van der Waals surface area contributed by atoms with E-state index in [0.29, 0.717) is 23.6 Å². The van der Waals surface area contributed by atoms with Crippen molar-refractivity contribution in [2.45, 2.75) is 0 Å². The number of benzene rings is 1. The molecule has 3 aromatic rings. The lowest BCUT2D eigenvalue weighted by Crippen LogP contribution is -1.89. The van der Waals surface area contributed by atoms with Gasteiger partial charge in [0, 0.05) is 23.4 Å². The van der Waals surface area contributed by atoms with Crippen LogP contribution in [0.2, 0.25) is 0 Å². The molecule has 1 aromatic carbocycles. The Kier molecular flexibility index (Phi) is 4.05. The van der Waals surface area contributed by atoms with E-state index in [0.717, 1.165) is 16.9 Å². The average Bonchev–Trinajstić information content (AvgIpc) is 3.06. The van der Waals surface area contributed by atoms with Crippen LogP contribution in [0.5, 0.6) is 11.6 Å². The summed E-state index contributed by atoms with van der Waals surface area (Å²) in [7, 11) is 3.15. The van der Waals surface area contributed by atoms with Crippen molar-refractivity contribution < 1.29 is 18.7 Å². The van der Waals surface area contributed by atoms with Crippen molar-refractivity contribution in [2.75, 3.05) is 14.2 Å². The molecule has 6 heteroatoms. The van der Waals surface area contributed by atoms with Gasteiger partial charge in [0.05, 0.1) is 14.2 Å². The highest BCUT2D eigenvalue weighted by Gasteiger charge is 2.17. The van der Waals surface area contributed by atoms with Gasteiger partial charge in [-0.05, 0) is 30.3 Å². The lowest BCUT2D eigenvalue weighted by molar-refractivity contribution is 0.109. The minimum atomic E-state index is 0.0154. The molecule has 23 heavy (non-hydrogen) atoms. The summed E-state index contributed by atoms with van der Waals surface area (Å²) >= 11 is 0. The number of carbonyl (C=O) groups excluding carboxylic acids is 1. The van der Waals surface area contributed by atoms with Crippen LogP contribution >= 0.6 is 0 Å². The first-order valence-electron chi connectivity index (χ1n) is 6.86. The summed E-state index contributed by atoms with van der Waals surface area (Å²) in [6.45, 7) is 0. The Hall–Kier alpha value is -3.15. The smallest absolute Gasteiger partial charge is 0.260 e. The summed E-state index contributed by atoms with van der Waals surface area (Å²) in [6, 6.07) is 10.8. The van der Waals surface area contributed by atoms with Crippen LogP contribution in [-0.2, 0) is 0 Å². The average molecular weight is 310 g/mol. The highest BCUT2D eigenvalue weighted by Crippen LogP contribution is 2.33. The highest BCUT2D eigenvalue weighted by molar-refractivity contribution is 5.80. The third-order valence-corrected chi connectivity index (χ3v) is 3.32. The quantitative estimate of drug-likeness (QED) is 0.674. The Morgan fingerprint density at radius 1 is 1.00 bits per heavy atom. The van der Waals surface area contributed by atoms with Gasteiger partial charge in [-0.25, -0.2) is 9.97 Å². The number of hydrogen-bond donors (Lipinski definition) is 0. The Labute approximate surface area is 132 Å². The molecule has 0 aliphatic heterocycles. The summed E-state index contributed by atoms with van der Waals surface area (Å²) < 4.78 is 15.7. The van der Waals surface area contributed by atoms with Crippen LogP contribution in [0.1, 0.15) is 10.7 Å². The van der Waals surface area contributed by atoms with Gasteiger partial charge in [0.15, 0.2) is 5.76 Å². The van der Waals surface area contributed by atoms with Crippen LogP contribution in [0.3, 0.4) is 0 Å². The van der Waals surface area contributed by atoms with Gasteiger partial charge in [0.1, 0.15) is 11.4 Å². The second-order valence-electron chi connectivity index (χ2n) is 4.67. The van der Waals surface area contributed by atoms with Crippen LogP contribution < -0.4 is 9.47 Å². The zero-order valence-corrected chi connectivity index (χ0v) is 12.6.